The third kappa shape index (κ3) is 5.22. The van der Waals surface area contributed by atoms with Gasteiger partial charge in [0.25, 0.3) is 0 Å². The number of rotatable bonds is 6. The quantitative estimate of drug-likeness (QED) is 0.647. The Hall–Kier alpha value is -2.54. The van der Waals surface area contributed by atoms with Gasteiger partial charge < -0.3 is 10.4 Å². The van der Waals surface area contributed by atoms with Gasteiger partial charge in [-0.1, -0.05) is 60.4 Å². The molecule has 0 bridgehead atoms. The van der Waals surface area contributed by atoms with E-state index in [4.69, 9.17) is 0 Å². The number of aliphatic hydroxyl groups excluding tert-OH is 1. The molecule has 2 nitrogen and oxygen atoms in total. The van der Waals surface area contributed by atoms with Crippen LogP contribution in [0.1, 0.15) is 11.1 Å². The van der Waals surface area contributed by atoms with E-state index in [1.54, 1.807) is 11.3 Å². The Labute approximate surface area is 153 Å². The first-order chi connectivity index (χ1) is 12.3. The fourth-order valence-corrected chi connectivity index (χ4v) is 3.27. The smallest absolute Gasteiger partial charge is 0.0934 e. The van der Waals surface area contributed by atoms with E-state index in [1.165, 1.54) is 5.56 Å². The van der Waals surface area contributed by atoms with E-state index >= 15 is 0 Å². The number of hydrogen-bond acceptors (Lipinski definition) is 3. The Morgan fingerprint density at radius 1 is 0.960 bits per heavy atom. The molecule has 0 saturated carbocycles. The molecule has 2 atom stereocenters. The molecule has 0 radical (unpaired) electrons. The third-order valence-corrected chi connectivity index (χ3v) is 4.72. The second-order valence-corrected chi connectivity index (χ2v) is 6.68. The fourth-order valence-electron chi connectivity index (χ4n) is 2.69. The fraction of sp³-hybridized carbons (Fsp3) is 0.182. The molecule has 1 unspecified atom stereocenters. The van der Waals surface area contributed by atoms with Crippen molar-refractivity contribution in [2.75, 3.05) is 11.9 Å². The van der Waals surface area contributed by atoms with Crippen LogP contribution in [0.5, 0.6) is 0 Å². The summed E-state index contributed by atoms with van der Waals surface area (Å²) in [6, 6.07) is 22.2. The van der Waals surface area contributed by atoms with Crippen molar-refractivity contribution in [1.82, 2.24) is 0 Å². The van der Waals surface area contributed by atoms with Crippen LogP contribution in [0.15, 0.2) is 77.5 Å². The lowest BCUT2D eigenvalue weighted by molar-refractivity contribution is 0.221. The van der Waals surface area contributed by atoms with Crippen LogP contribution < -0.4 is 5.32 Å². The zero-order valence-electron chi connectivity index (χ0n) is 13.9. The topological polar surface area (TPSA) is 32.3 Å². The number of thiophene rings is 1. The minimum atomic E-state index is -0.132. The van der Waals surface area contributed by atoms with Gasteiger partial charge in [-0.15, -0.1) is 0 Å². The summed E-state index contributed by atoms with van der Waals surface area (Å²) in [5.74, 6) is 6.57. The van der Waals surface area contributed by atoms with Crippen LogP contribution in [0.25, 0.3) is 0 Å². The molecule has 3 aromatic rings. The van der Waals surface area contributed by atoms with Crippen molar-refractivity contribution < 1.29 is 5.11 Å². The predicted molar refractivity (Wildman–Crippen MR) is 106 cm³/mol. The number of benzene rings is 2. The summed E-state index contributed by atoms with van der Waals surface area (Å²) in [5.41, 5.74) is 3.23. The maximum absolute atomic E-state index is 9.99. The van der Waals surface area contributed by atoms with E-state index in [1.807, 2.05) is 65.4 Å². The van der Waals surface area contributed by atoms with Crippen LogP contribution in [0, 0.1) is 17.8 Å². The molecular weight excluding hydrogens is 326 g/mol. The minimum absolute atomic E-state index is 0.00809. The van der Waals surface area contributed by atoms with Gasteiger partial charge in [0.05, 0.1) is 6.04 Å². The molecule has 2 aromatic carbocycles. The van der Waals surface area contributed by atoms with E-state index in [-0.39, 0.29) is 18.6 Å². The number of nitrogens with one attached hydrogen (secondary N) is 1. The molecule has 0 saturated heterocycles. The average molecular weight is 347 g/mol. The second-order valence-electron chi connectivity index (χ2n) is 5.90. The Bertz CT molecular complexity index is 803. The maximum Gasteiger partial charge on any atom is 0.0934 e. The van der Waals surface area contributed by atoms with Crippen molar-refractivity contribution in [2.24, 2.45) is 5.92 Å². The van der Waals surface area contributed by atoms with Gasteiger partial charge in [0.1, 0.15) is 0 Å². The Morgan fingerprint density at radius 2 is 1.68 bits per heavy atom. The zero-order valence-corrected chi connectivity index (χ0v) is 14.7. The van der Waals surface area contributed by atoms with Crippen molar-refractivity contribution in [3.8, 4) is 11.8 Å². The highest BCUT2D eigenvalue weighted by Gasteiger charge is 2.19. The van der Waals surface area contributed by atoms with Gasteiger partial charge in [-0.25, -0.2) is 0 Å². The van der Waals surface area contributed by atoms with Crippen molar-refractivity contribution >= 4 is 17.0 Å². The lowest BCUT2D eigenvalue weighted by atomic mass is 9.92. The van der Waals surface area contributed by atoms with E-state index in [0.29, 0.717) is 0 Å². The van der Waals surface area contributed by atoms with E-state index < -0.39 is 0 Å². The average Bonchev–Trinajstić information content (AvgIpc) is 3.18. The van der Waals surface area contributed by atoms with Gasteiger partial charge in [-0.3, -0.25) is 0 Å². The van der Waals surface area contributed by atoms with Crippen LogP contribution in [-0.4, -0.2) is 17.8 Å². The summed E-state index contributed by atoms with van der Waals surface area (Å²) < 4.78 is 0. The largest absolute Gasteiger partial charge is 0.396 e. The van der Waals surface area contributed by atoms with Crippen molar-refractivity contribution in [3.05, 3.63) is 88.6 Å². The molecule has 1 aromatic heterocycles. The van der Waals surface area contributed by atoms with Crippen LogP contribution in [0.4, 0.5) is 5.69 Å². The van der Waals surface area contributed by atoms with Crippen LogP contribution in [0.2, 0.25) is 0 Å². The summed E-state index contributed by atoms with van der Waals surface area (Å²) in [5, 5.41) is 17.5. The maximum atomic E-state index is 9.99. The molecule has 1 heterocycles. The lowest BCUT2D eigenvalue weighted by Crippen LogP contribution is -2.32. The summed E-state index contributed by atoms with van der Waals surface area (Å²) >= 11 is 1.64. The highest BCUT2D eigenvalue weighted by atomic mass is 32.1. The molecule has 0 fully saturated rings. The van der Waals surface area contributed by atoms with Crippen LogP contribution in [0.3, 0.4) is 0 Å². The summed E-state index contributed by atoms with van der Waals surface area (Å²) in [4.78, 5) is 0. The van der Waals surface area contributed by atoms with Gasteiger partial charge in [0.15, 0.2) is 0 Å². The highest BCUT2D eigenvalue weighted by molar-refractivity contribution is 7.08. The monoisotopic (exact) mass is 347 g/mol. The Kier molecular flexibility index (Phi) is 6.28. The van der Waals surface area contributed by atoms with Gasteiger partial charge in [-0.05, 0) is 35.6 Å². The molecule has 0 aliphatic carbocycles. The molecule has 25 heavy (non-hydrogen) atoms. The minimum Gasteiger partial charge on any atom is -0.396 e. The number of anilines is 1. The Balaban J connectivity index is 1.82. The molecule has 0 aliphatic heterocycles. The SMILES string of the molecule is OC[C@@H](Cc1ccccc1)C(C#Cc1ccsc1)Nc1ccccc1. The molecule has 3 rings (SSSR count). The summed E-state index contributed by atoms with van der Waals surface area (Å²) in [6.45, 7) is 0.0811. The van der Waals surface area contributed by atoms with Gasteiger partial charge in [0.2, 0.25) is 0 Å². The predicted octanol–water partition coefficient (Wildman–Crippen LogP) is 4.43. The zero-order chi connectivity index (χ0) is 17.3. The number of para-hydroxylation sites is 1. The van der Waals surface area contributed by atoms with E-state index in [2.05, 4.69) is 29.3 Å². The van der Waals surface area contributed by atoms with Gasteiger partial charge >= 0.3 is 0 Å². The normalized spacial score (nSPS) is 12.7. The second kappa shape index (κ2) is 9.08. The molecule has 2 N–H and O–H groups in total. The molecule has 3 heteroatoms. The van der Waals surface area contributed by atoms with Crippen LogP contribution >= 0.6 is 11.3 Å². The number of hydrogen-bond donors (Lipinski definition) is 2. The molecule has 126 valence electrons. The van der Waals surface area contributed by atoms with Gasteiger partial charge in [-0.2, -0.15) is 11.3 Å². The highest BCUT2D eigenvalue weighted by Crippen LogP contribution is 2.17. The summed E-state index contributed by atoms with van der Waals surface area (Å²) in [6.07, 6.45) is 0.778. The van der Waals surface area contributed by atoms with Gasteiger partial charge in [0, 0.05) is 29.2 Å². The number of aliphatic hydroxyl groups is 1. The lowest BCUT2D eigenvalue weighted by Gasteiger charge is -2.23. The van der Waals surface area contributed by atoms with E-state index in [0.717, 1.165) is 17.7 Å². The van der Waals surface area contributed by atoms with Crippen molar-refractivity contribution in [1.29, 1.82) is 0 Å². The molecular formula is C22H21NOS. The van der Waals surface area contributed by atoms with Crippen molar-refractivity contribution in [2.45, 2.75) is 12.5 Å². The standard InChI is InChI=1S/C22H21NOS/c24-16-20(15-18-7-3-1-4-8-18)22(12-11-19-13-14-25-17-19)23-21-9-5-2-6-10-21/h1-10,13-14,17,20,22-24H,15-16H2/t20-,22?/m1/s1. The molecule has 0 spiro atoms. The summed E-state index contributed by atoms with van der Waals surface area (Å²) in [7, 11) is 0. The van der Waals surface area contributed by atoms with Crippen LogP contribution in [-0.2, 0) is 6.42 Å². The van der Waals surface area contributed by atoms with Crippen molar-refractivity contribution in [3.63, 3.8) is 0 Å². The van der Waals surface area contributed by atoms with E-state index in [9.17, 15) is 5.11 Å². The molecule has 0 amide bonds. The first kappa shape index (κ1) is 17.3. The Morgan fingerprint density at radius 3 is 2.32 bits per heavy atom. The first-order valence-corrected chi connectivity index (χ1v) is 9.29. The molecule has 0 aliphatic rings. The first-order valence-electron chi connectivity index (χ1n) is 8.35. The third-order valence-electron chi connectivity index (χ3n) is 4.04.